The highest BCUT2D eigenvalue weighted by molar-refractivity contribution is 6.36. The van der Waals surface area contributed by atoms with Crippen molar-refractivity contribution in [1.82, 2.24) is 9.99 Å². The summed E-state index contributed by atoms with van der Waals surface area (Å²) in [5.74, 6) is -0.435. The second-order valence-corrected chi connectivity index (χ2v) is 5.96. The van der Waals surface area contributed by atoms with Gasteiger partial charge in [-0.05, 0) is 29.7 Å². The first-order valence-electron chi connectivity index (χ1n) is 7.08. The number of hydrogen-bond donors (Lipinski definition) is 2. The van der Waals surface area contributed by atoms with Gasteiger partial charge < -0.3 is 9.67 Å². The normalized spacial score (nSPS) is 11.2. The van der Waals surface area contributed by atoms with Crippen LogP contribution in [0.4, 0.5) is 0 Å². The van der Waals surface area contributed by atoms with Gasteiger partial charge in [-0.25, -0.2) is 5.43 Å². The Labute approximate surface area is 148 Å². The van der Waals surface area contributed by atoms with Crippen LogP contribution in [0.1, 0.15) is 5.56 Å². The first kappa shape index (κ1) is 16.4. The average Bonchev–Trinajstić information content (AvgIpc) is 2.95. The van der Waals surface area contributed by atoms with Crippen molar-refractivity contribution in [2.24, 2.45) is 5.10 Å². The first-order valence-corrected chi connectivity index (χ1v) is 7.84. The van der Waals surface area contributed by atoms with Crippen LogP contribution >= 0.6 is 23.2 Å². The second-order valence-electron chi connectivity index (χ2n) is 5.12. The molecule has 5 nitrogen and oxygen atoms in total. The van der Waals surface area contributed by atoms with Gasteiger partial charge in [0.2, 0.25) is 0 Å². The molecule has 7 heteroatoms. The summed E-state index contributed by atoms with van der Waals surface area (Å²) in [6.45, 7) is 0.132. The number of nitrogens with one attached hydrogen (secondary N) is 1. The lowest BCUT2D eigenvalue weighted by Crippen LogP contribution is -2.22. The van der Waals surface area contributed by atoms with Crippen molar-refractivity contribution < 1.29 is 9.90 Å². The van der Waals surface area contributed by atoms with Gasteiger partial charge in [0.25, 0.3) is 5.91 Å². The summed E-state index contributed by atoms with van der Waals surface area (Å²) in [5, 5.41) is 15.2. The topological polar surface area (TPSA) is 66.6 Å². The van der Waals surface area contributed by atoms with Gasteiger partial charge in [0.1, 0.15) is 12.3 Å². The number of aromatic hydroxyl groups is 1. The van der Waals surface area contributed by atoms with E-state index in [2.05, 4.69) is 10.5 Å². The van der Waals surface area contributed by atoms with E-state index in [1.165, 1.54) is 18.3 Å². The van der Waals surface area contributed by atoms with Gasteiger partial charge in [0, 0.05) is 22.3 Å². The van der Waals surface area contributed by atoms with Crippen molar-refractivity contribution in [3.05, 3.63) is 64.3 Å². The van der Waals surface area contributed by atoms with Gasteiger partial charge in [0.15, 0.2) is 0 Å². The minimum atomic E-state index is -0.291. The van der Waals surface area contributed by atoms with E-state index < -0.39 is 0 Å². The number of phenols is 1. The van der Waals surface area contributed by atoms with Crippen molar-refractivity contribution in [3.63, 3.8) is 0 Å². The van der Waals surface area contributed by atoms with E-state index >= 15 is 0 Å². The Morgan fingerprint density at radius 1 is 1.25 bits per heavy atom. The van der Waals surface area contributed by atoms with Crippen LogP contribution in [-0.2, 0) is 11.3 Å². The molecule has 0 bridgehead atoms. The number of benzene rings is 2. The molecule has 0 aliphatic rings. The molecule has 3 rings (SSSR count). The summed E-state index contributed by atoms with van der Waals surface area (Å²) >= 11 is 11.7. The van der Waals surface area contributed by atoms with Crippen LogP contribution in [0.5, 0.6) is 5.75 Å². The summed E-state index contributed by atoms with van der Waals surface area (Å²) in [7, 11) is 0. The molecule has 2 aromatic carbocycles. The Bertz CT molecular complexity index is 935. The van der Waals surface area contributed by atoms with Gasteiger partial charge >= 0.3 is 0 Å². The van der Waals surface area contributed by atoms with E-state index in [9.17, 15) is 9.90 Å². The molecule has 122 valence electrons. The molecule has 0 spiro atoms. The van der Waals surface area contributed by atoms with Crippen LogP contribution in [0, 0.1) is 0 Å². The molecule has 0 saturated heterocycles. The third-order valence-electron chi connectivity index (χ3n) is 3.44. The summed E-state index contributed by atoms with van der Waals surface area (Å²) < 4.78 is 1.83. The van der Waals surface area contributed by atoms with E-state index in [-0.39, 0.29) is 23.2 Å². The number of carbonyl (C=O) groups excluding carboxylic acids is 1. The molecule has 3 aromatic rings. The Kier molecular flexibility index (Phi) is 4.74. The summed E-state index contributed by atoms with van der Waals surface area (Å²) in [6, 6.07) is 12.6. The minimum absolute atomic E-state index is 0.120. The molecular formula is C17H13Cl2N3O2. The Morgan fingerprint density at radius 3 is 2.88 bits per heavy atom. The predicted octanol–water partition coefficient (Wildman–Crippen LogP) is 3.80. The van der Waals surface area contributed by atoms with Gasteiger partial charge in [-0.2, -0.15) is 5.10 Å². The molecular weight excluding hydrogens is 349 g/mol. The molecule has 1 heterocycles. The minimum Gasteiger partial charge on any atom is -0.506 e. The fourth-order valence-electron chi connectivity index (χ4n) is 2.33. The zero-order valence-electron chi connectivity index (χ0n) is 12.4. The maximum absolute atomic E-state index is 12.0. The quantitative estimate of drug-likeness (QED) is 0.548. The van der Waals surface area contributed by atoms with Crippen LogP contribution < -0.4 is 5.43 Å². The molecule has 1 amide bonds. The number of carbonyl (C=O) groups is 1. The second kappa shape index (κ2) is 6.95. The molecule has 2 N–H and O–H groups in total. The fraction of sp³-hybridized carbons (Fsp3) is 0.0588. The van der Waals surface area contributed by atoms with E-state index in [1.54, 1.807) is 0 Å². The third-order valence-corrected chi connectivity index (χ3v) is 3.95. The number of hydrogen-bond acceptors (Lipinski definition) is 3. The highest BCUT2D eigenvalue weighted by atomic mass is 35.5. The van der Waals surface area contributed by atoms with E-state index in [0.717, 1.165) is 10.9 Å². The molecule has 0 unspecified atom stereocenters. The molecule has 0 saturated carbocycles. The van der Waals surface area contributed by atoms with Crippen molar-refractivity contribution in [2.75, 3.05) is 0 Å². The average molecular weight is 362 g/mol. The molecule has 0 aliphatic heterocycles. The Balaban J connectivity index is 1.68. The lowest BCUT2D eigenvalue weighted by molar-refractivity contribution is -0.121. The number of aromatic nitrogens is 1. The van der Waals surface area contributed by atoms with Crippen molar-refractivity contribution in [2.45, 2.75) is 6.54 Å². The highest BCUT2D eigenvalue weighted by Crippen LogP contribution is 2.29. The van der Waals surface area contributed by atoms with Crippen LogP contribution in [0.2, 0.25) is 10.0 Å². The maximum atomic E-state index is 12.0. The van der Waals surface area contributed by atoms with Gasteiger partial charge in [-0.1, -0.05) is 41.4 Å². The SMILES string of the molecule is O=C(Cn1ccc2ccccc21)N/N=C/c1cc(Cl)cc(Cl)c1O. The summed E-state index contributed by atoms with van der Waals surface area (Å²) in [4.78, 5) is 12.0. The monoisotopic (exact) mass is 361 g/mol. The standard InChI is InChI=1S/C17H13Cl2N3O2/c18-13-7-12(17(24)14(19)8-13)9-20-21-16(23)10-22-6-5-11-3-1-2-4-15(11)22/h1-9,24H,10H2,(H,21,23)/b20-9+. The number of para-hydroxylation sites is 1. The van der Waals surface area contributed by atoms with Crippen LogP contribution in [0.25, 0.3) is 10.9 Å². The third kappa shape index (κ3) is 3.53. The highest BCUT2D eigenvalue weighted by Gasteiger charge is 2.07. The fourth-order valence-corrected chi connectivity index (χ4v) is 2.84. The smallest absolute Gasteiger partial charge is 0.259 e. The number of phenolic OH excluding ortho intramolecular Hbond substituents is 1. The van der Waals surface area contributed by atoms with Crippen LogP contribution in [0.15, 0.2) is 53.8 Å². The van der Waals surface area contributed by atoms with Crippen molar-refractivity contribution in [3.8, 4) is 5.75 Å². The largest absolute Gasteiger partial charge is 0.506 e. The summed E-state index contributed by atoms with van der Waals surface area (Å²) in [6.07, 6.45) is 3.13. The molecule has 0 aliphatic carbocycles. The Morgan fingerprint density at radius 2 is 2.04 bits per heavy atom. The lowest BCUT2D eigenvalue weighted by Gasteiger charge is -2.05. The zero-order valence-corrected chi connectivity index (χ0v) is 13.9. The molecule has 24 heavy (non-hydrogen) atoms. The maximum Gasteiger partial charge on any atom is 0.259 e. The first-order chi connectivity index (χ1) is 11.5. The molecule has 0 fully saturated rings. The molecule has 0 atom stereocenters. The van der Waals surface area contributed by atoms with Gasteiger partial charge in [-0.3, -0.25) is 4.79 Å². The number of nitrogens with zero attached hydrogens (tertiary/aromatic N) is 2. The summed E-state index contributed by atoms with van der Waals surface area (Å²) in [5.41, 5.74) is 3.70. The van der Waals surface area contributed by atoms with E-state index in [0.29, 0.717) is 10.6 Å². The van der Waals surface area contributed by atoms with E-state index in [1.807, 2.05) is 41.1 Å². The lowest BCUT2D eigenvalue weighted by atomic mass is 10.2. The van der Waals surface area contributed by atoms with Crippen LogP contribution in [0.3, 0.4) is 0 Å². The number of rotatable bonds is 4. The van der Waals surface area contributed by atoms with Gasteiger partial charge in [-0.15, -0.1) is 0 Å². The Hall–Kier alpha value is -2.50. The molecule has 1 aromatic heterocycles. The van der Waals surface area contributed by atoms with Crippen LogP contribution in [-0.4, -0.2) is 21.8 Å². The number of amides is 1. The zero-order chi connectivity index (χ0) is 17.1. The van der Waals surface area contributed by atoms with Crippen molar-refractivity contribution in [1.29, 1.82) is 0 Å². The van der Waals surface area contributed by atoms with Gasteiger partial charge in [0.05, 0.1) is 11.2 Å². The predicted molar refractivity (Wildman–Crippen MR) is 95.8 cm³/mol. The number of fused-ring (bicyclic) bond motifs is 1. The van der Waals surface area contributed by atoms with Crippen molar-refractivity contribution >= 4 is 46.2 Å². The molecule has 0 radical (unpaired) electrons. The number of halogens is 2. The number of hydrazone groups is 1. The van der Waals surface area contributed by atoms with E-state index in [4.69, 9.17) is 23.2 Å².